The molecule has 2 atom stereocenters. The number of halogens is 1. The second-order valence-electron chi connectivity index (χ2n) is 1.79. The van der Waals surface area contributed by atoms with Crippen molar-refractivity contribution in [2.24, 2.45) is 5.92 Å². The van der Waals surface area contributed by atoms with Crippen molar-refractivity contribution in [3.63, 3.8) is 0 Å². The first-order valence-electron chi connectivity index (χ1n) is 2.40. The van der Waals surface area contributed by atoms with E-state index in [1.165, 1.54) is 6.92 Å². The molecular formula is C5H8ClO2-. The van der Waals surface area contributed by atoms with E-state index in [0.717, 1.165) is 0 Å². The maximum atomic E-state index is 9.95. The molecular weight excluding hydrogens is 128 g/mol. The predicted octanol–water partition coefficient (Wildman–Crippen LogP) is -0.000300. The number of carbonyl (C=O) groups is 1. The van der Waals surface area contributed by atoms with Crippen LogP contribution in [0.4, 0.5) is 0 Å². The Morgan fingerprint density at radius 1 is 1.62 bits per heavy atom. The van der Waals surface area contributed by atoms with Crippen LogP contribution in [0.2, 0.25) is 0 Å². The van der Waals surface area contributed by atoms with Crippen molar-refractivity contribution in [3.05, 3.63) is 0 Å². The lowest BCUT2D eigenvalue weighted by Gasteiger charge is -2.13. The molecule has 0 aliphatic heterocycles. The molecule has 0 aromatic rings. The topological polar surface area (TPSA) is 40.1 Å². The van der Waals surface area contributed by atoms with Crippen LogP contribution in [0.25, 0.3) is 0 Å². The second-order valence-corrected chi connectivity index (χ2v) is 2.47. The fourth-order valence-corrected chi connectivity index (χ4v) is 0.290. The molecule has 0 bridgehead atoms. The molecule has 2 nitrogen and oxygen atoms in total. The third-order valence-electron chi connectivity index (χ3n) is 1.06. The predicted molar refractivity (Wildman–Crippen MR) is 29.5 cm³/mol. The largest absolute Gasteiger partial charge is 0.550 e. The highest BCUT2D eigenvalue weighted by Crippen LogP contribution is 2.06. The van der Waals surface area contributed by atoms with Crippen molar-refractivity contribution in [1.82, 2.24) is 0 Å². The number of alkyl halides is 1. The van der Waals surface area contributed by atoms with Crippen LogP contribution in [-0.4, -0.2) is 11.3 Å². The van der Waals surface area contributed by atoms with Gasteiger partial charge in [0.1, 0.15) is 0 Å². The molecule has 0 radical (unpaired) electrons. The SMILES string of the molecule is CC(Cl)C(C)C(=O)[O-]. The highest BCUT2D eigenvalue weighted by molar-refractivity contribution is 6.21. The molecule has 2 unspecified atom stereocenters. The third kappa shape index (κ3) is 2.17. The Morgan fingerprint density at radius 3 is 2.00 bits per heavy atom. The van der Waals surface area contributed by atoms with E-state index in [2.05, 4.69) is 0 Å². The minimum atomic E-state index is -1.09. The molecule has 0 N–H and O–H groups in total. The standard InChI is InChI=1S/C5H9ClO2/c1-3(4(2)6)5(7)8/h3-4H,1-2H3,(H,7,8)/p-1. The maximum Gasteiger partial charge on any atom is 0.0457 e. The molecule has 48 valence electrons. The fraction of sp³-hybridized carbons (Fsp3) is 0.800. The highest BCUT2D eigenvalue weighted by atomic mass is 35.5. The van der Waals surface area contributed by atoms with Gasteiger partial charge in [0.15, 0.2) is 0 Å². The molecule has 0 saturated heterocycles. The Morgan fingerprint density at radius 2 is 2.00 bits per heavy atom. The third-order valence-corrected chi connectivity index (χ3v) is 1.44. The summed E-state index contributed by atoms with van der Waals surface area (Å²) in [4.78, 5) is 9.95. The molecule has 0 fully saturated rings. The monoisotopic (exact) mass is 135 g/mol. The molecule has 8 heavy (non-hydrogen) atoms. The van der Waals surface area contributed by atoms with Gasteiger partial charge in [0, 0.05) is 17.3 Å². The Bertz CT molecular complexity index is 90.4. The number of carboxylic acid groups (broad SMARTS) is 1. The summed E-state index contributed by atoms with van der Waals surface area (Å²) in [5.74, 6) is -1.65. The molecule has 0 aromatic carbocycles. The molecule has 0 aliphatic carbocycles. The first-order chi connectivity index (χ1) is 3.55. The van der Waals surface area contributed by atoms with Crippen LogP contribution in [0, 0.1) is 5.92 Å². The number of hydrogen-bond donors (Lipinski definition) is 0. The fourth-order valence-electron chi connectivity index (χ4n) is 0.188. The van der Waals surface area contributed by atoms with Crippen molar-refractivity contribution in [3.8, 4) is 0 Å². The van der Waals surface area contributed by atoms with E-state index < -0.39 is 11.9 Å². The van der Waals surface area contributed by atoms with Gasteiger partial charge < -0.3 is 9.90 Å². The van der Waals surface area contributed by atoms with Gasteiger partial charge in [-0.25, -0.2) is 0 Å². The molecule has 0 aromatic heterocycles. The first kappa shape index (κ1) is 7.76. The van der Waals surface area contributed by atoms with Crippen molar-refractivity contribution in [1.29, 1.82) is 0 Å². The van der Waals surface area contributed by atoms with Crippen molar-refractivity contribution >= 4 is 17.6 Å². The molecule has 3 heteroatoms. The van der Waals surface area contributed by atoms with Gasteiger partial charge in [-0.3, -0.25) is 0 Å². The average molecular weight is 136 g/mol. The van der Waals surface area contributed by atoms with E-state index in [-0.39, 0.29) is 5.38 Å². The lowest BCUT2D eigenvalue weighted by molar-refractivity contribution is -0.310. The van der Waals surface area contributed by atoms with E-state index >= 15 is 0 Å². The number of carboxylic acids is 1. The van der Waals surface area contributed by atoms with Gasteiger partial charge in [0.2, 0.25) is 0 Å². The summed E-state index contributed by atoms with van der Waals surface area (Å²) in [6.45, 7) is 3.15. The highest BCUT2D eigenvalue weighted by Gasteiger charge is 2.08. The van der Waals surface area contributed by atoms with Crippen LogP contribution in [0.5, 0.6) is 0 Å². The van der Waals surface area contributed by atoms with Gasteiger partial charge in [-0.05, 0) is 6.92 Å². The number of rotatable bonds is 2. The van der Waals surface area contributed by atoms with Crippen LogP contribution in [0.1, 0.15) is 13.8 Å². The van der Waals surface area contributed by atoms with Crippen molar-refractivity contribution < 1.29 is 9.90 Å². The van der Waals surface area contributed by atoms with Crippen LogP contribution >= 0.6 is 11.6 Å². The Hall–Kier alpha value is -0.240. The number of carbonyl (C=O) groups excluding carboxylic acids is 1. The summed E-state index contributed by atoms with van der Waals surface area (Å²) in [7, 11) is 0. The zero-order valence-corrected chi connectivity index (χ0v) is 5.61. The molecule has 0 amide bonds. The Labute approximate surface area is 53.5 Å². The average Bonchev–Trinajstić information content (AvgIpc) is 1.64. The smallest absolute Gasteiger partial charge is 0.0457 e. The molecule has 0 rings (SSSR count). The summed E-state index contributed by atoms with van der Waals surface area (Å²) in [5, 5.41) is 9.60. The summed E-state index contributed by atoms with van der Waals surface area (Å²) in [6, 6.07) is 0. The van der Waals surface area contributed by atoms with Crippen LogP contribution in [0.15, 0.2) is 0 Å². The quantitative estimate of drug-likeness (QED) is 0.500. The van der Waals surface area contributed by atoms with E-state index in [9.17, 15) is 9.90 Å². The molecule has 0 spiro atoms. The van der Waals surface area contributed by atoms with Gasteiger partial charge in [0.25, 0.3) is 0 Å². The van der Waals surface area contributed by atoms with Crippen LogP contribution < -0.4 is 5.11 Å². The van der Waals surface area contributed by atoms with Crippen LogP contribution in [-0.2, 0) is 4.79 Å². The van der Waals surface area contributed by atoms with Crippen molar-refractivity contribution in [2.75, 3.05) is 0 Å². The normalized spacial score (nSPS) is 17.4. The van der Waals surface area contributed by atoms with Gasteiger partial charge in [-0.2, -0.15) is 0 Å². The van der Waals surface area contributed by atoms with Gasteiger partial charge >= 0.3 is 0 Å². The first-order valence-corrected chi connectivity index (χ1v) is 2.84. The van der Waals surface area contributed by atoms with Crippen molar-refractivity contribution in [2.45, 2.75) is 19.2 Å². The summed E-state index contributed by atoms with van der Waals surface area (Å²) >= 11 is 5.40. The minimum absolute atomic E-state index is 0.347. The second kappa shape index (κ2) is 2.92. The van der Waals surface area contributed by atoms with Crippen LogP contribution in [0.3, 0.4) is 0 Å². The lowest BCUT2D eigenvalue weighted by atomic mass is 10.1. The van der Waals surface area contributed by atoms with Gasteiger partial charge in [0.05, 0.1) is 0 Å². The van der Waals surface area contributed by atoms with Gasteiger partial charge in [-0.1, -0.05) is 6.92 Å². The number of hydrogen-bond acceptors (Lipinski definition) is 2. The molecule has 0 saturated carbocycles. The zero-order valence-electron chi connectivity index (χ0n) is 4.85. The lowest BCUT2D eigenvalue weighted by Crippen LogP contribution is -2.33. The summed E-state index contributed by atoms with van der Waals surface area (Å²) in [6.07, 6.45) is 0. The van der Waals surface area contributed by atoms with Gasteiger partial charge in [-0.15, -0.1) is 11.6 Å². The molecule has 0 heterocycles. The summed E-state index contributed by atoms with van der Waals surface area (Å²) in [5.41, 5.74) is 0. The zero-order chi connectivity index (χ0) is 6.73. The maximum absolute atomic E-state index is 9.95. The van der Waals surface area contributed by atoms with E-state index in [0.29, 0.717) is 0 Å². The number of aliphatic carboxylic acids is 1. The van der Waals surface area contributed by atoms with E-state index in [1.807, 2.05) is 0 Å². The van der Waals surface area contributed by atoms with E-state index in [1.54, 1.807) is 6.92 Å². The Kier molecular flexibility index (Phi) is 2.84. The molecule has 0 aliphatic rings. The van der Waals surface area contributed by atoms with E-state index in [4.69, 9.17) is 11.6 Å². The minimum Gasteiger partial charge on any atom is -0.550 e. The summed E-state index contributed by atoms with van der Waals surface area (Å²) < 4.78 is 0. The Balaban J connectivity index is 3.64.